The fourth-order valence-corrected chi connectivity index (χ4v) is 4.66. The van der Waals surface area contributed by atoms with E-state index in [2.05, 4.69) is 5.32 Å². The molecule has 1 aromatic carbocycles. The minimum Gasteiger partial charge on any atom is -0.310 e. The smallest absolute Gasteiger partial charge is 0.249 e. The Hall–Kier alpha value is -0.900. The van der Waals surface area contributed by atoms with Gasteiger partial charge in [0.2, 0.25) is 10.0 Å². The van der Waals surface area contributed by atoms with Crippen molar-refractivity contribution in [2.45, 2.75) is 36.2 Å². The van der Waals surface area contributed by atoms with Crippen molar-refractivity contribution in [1.29, 1.82) is 0 Å². The molecule has 2 fully saturated rings. The van der Waals surface area contributed by atoms with Gasteiger partial charge in [0.05, 0.1) is 0 Å². The number of sulfonamides is 1. The number of rotatable bonds is 2. The van der Waals surface area contributed by atoms with Crippen LogP contribution >= 0.6 is 12.4 Å². The van der Waals surface area contributed by atoms with Crippen LogP contribution < -0.4 is 5.32 Å². The van der Waals surface area contributed by atoms with Crippen LogP contribution in [0, 0.1) is 23.3 Å². The zero-order valence-electron chi connectivity index (χ0n) is 11.9. The summed E-state index contributed by atoms with van der Waals surface area (Å²) in [6, 6.07) is 0.0336. The number of benzene rings is 1. The van der Waals surface area contributed by atoms with E-state index in [1.54, 1.807) is 0 Å². The molecule has 0 radical (unpaired) electrons. The Morgan fingerprint density at radius 1 is 1.00 bits per heavy atom. The van der Waals surface area contributed by atoms with Crippen molar-refractivity contribution in [3.63, 3.8) is 0 Å². The number of hydrogen-bond acceptors (Lipinski definition) is 3. The van der Waals surface area contributed by atoms with E-state index in [0.717, 1.165) is 17.1 Å². The number of fused-ring (bicyclic) bond motifs is 2. The summed E-state index contributed by atoms with van der Waals surface area (Å²) in [7, 11) is -4.65. The lowest BCUT2D eigenvalue weighted by Gasteiger charge is -2.24. The highest BCUT2D eigenvalue weighted by Gasteiger charge is 2.39. The molecule has 23 heavy (non-hydrogen) atoms. The van der Waals surface area contributed by atoms with E-state index in [1.165, 1.54) is 0 Å². The van der Waals surface area contributed by atoms with Gasteiger partial charge in [-0.15, -0.1) is 12.4 Å². The van der Waals surface area contributed by atoms with Gasteiger partial charge >= 0.3 is 0 Å². The summed E-state index contributed by atoms with van der Waals surface area (Å²) >= 11 is 0. The highest BCUT2D eigenvalue weighted by atomic mass is 35.5. The summed E-state index contributed by atoms with van der Waals surface area (Å²) in [5.41, 5.74) is 0. The van der Waals surface area contributed by atoms with E-state index in [0.29, 0.717) is 6.42 Å². The predicted octanol–water partition coefficient (Wildman–Crippen LogP) is 2.18. The first-order valence-corrected chi connectivity index (χ1v) is 8.34. The van der Waals surface area contributed by atoms with Gasteiger partial charge in [0.1, 0.15) is 0 Å². The van der Waals surface area contributed by atoms with Gasteiger partial charge in [-0.25, -0.2) is 26.0 Å². The molecule has 2 saturated heterocycles. The van der Waals surface area contributed by atoms with Crippen molar-refractivity contribution in [2.24, 2.45) is 0 Å². The van der Waals surface area contributed by atoms with Gasteiger partial charge in [0.25, 0.3) is 0 Å². The second kappa shape index (κ2) is 6.54. The lowest BCUT2D eigenvalue weighted by atomic mass is 10.1. The summed E-state index contributed by atoms with van der Waals surface area (Å²) in [6.45, 7) is 0.0728. The third kappa shape index (κ3) is 3.19. The molecule has 0 aromatic heterocycles. The fourth-order valence-electron chi connectivity index (χ4n) is 3.04. The van der Waals surface area contributed by atoms with Crippen LogP contribution in [0.2, 0.25) is 0 Å². The molecule has 0 spiro atoms. The lowest BCUT2D eigenvalue weighted by Crippen LogP contribution is -2.39. The van der Waals surface area contributed by atoms with Gasteiger partial charge in [-0.3, -0.25) is 0 Å². The van der Waals surface area contributed by atoms with E-state index in [1.807, 2.05) is 0 Å². The van der Waals surface area contributed by atoms with Gasteiger partial charge in [-0.05, 0) is 19.3 Å². The molecule has 2 atom stereocenters. The summed E-state index contributed by atoms with van der Waals surface area (Å²) < 4.78 is 79.9. The summed E-state index contributed by atoms with van der Waals surface area (Å²) in [5.74, 6) is -7.23. The number of nitrogens with one attached hydrogen (secondary N) is 1. The van der Waals surface area contributed by atoms with Crippen molar-refractivity contribution < 1.29 is 26.0 Å². The first-order valence-electron chi connectivity index (χ1n) is 6.90. The maximum absolute atomic E-state index is 13.8. The molecule has 2 aliphatic heterocycles. The summed E-state index contributed by atoms with van der Waals surface area (Å²) in [5, 5.41) is 3.22. The molecule has 0 amide bonds. The largest absolute Gasteiger partial charge is 0.310 e. The highest BCUT2D eigenvalue weighted by Crippen LogP contribution is 2.29. The third-order valence-corrected chi connectivity index (χ3v) is 6.04. The summed E-state index contributed by atoms with van der Waals surface area (Å²) in [4.78, 5) is -1.55. The van der Waals surface area contributed by atoms with Crippen molar-refractivity contribution in [3.05, 3.63) is 29.3 Å². The van der Waals surface area contributed by atoms with Crippen LogP contribution in [-0.4, -0.2) is 37.9 Å². The molecule has 130 valence electrons. The molecule has 2 heterocycles. The molecule has 4 nitrogen and oxygen atoms in total. The molecule has 0 saturated carbocycles. The Balaban J connectivity index is 0.00000192. The maximum Gasteiger partial charge on any atom is 0.249 e. The van der Waals surface area contributed by atoms with E-state index in [-0.39, 0.29) is 43.6 Å². The Morgan fingerprint density at radius 3 is 2.17 bits per heavy atom. The van der Waals surface area contributed by atoms with Crippen molar-refractivity contribution in [1.82, 2.24) is 9.62 Å². The quantitative estimate of drug-likeness (QED) is 0.637. The SMILES string of the molecule is Cl.O=S(=O)(c1c(F)c(F)cc(F)c1F)N1CCC2CCC(C1)N2. The molecular formula is C13H15ClF4N2O2S. The first-order chi connectivity index (χ1) is 10.3. The van der Waals surface area contributed by atoms with Crippen LogP contribution in [0.15, 0.2) is 11.0 Å². The average molecular weight is 375 g/mol. The van der Waals surface area contributed by atoms with E-state index < -0.39 is 38.2 Å². The van der Waals surface area contributed by atoms with Gasteiger partial charge < -0.3 is 5.32 Å². The molecule has 3 rings (SSSR count). The third-order valence-electron chi connectivity index (χ3n) is 4.16. The lowest BCUT2D eigenvalue weighted by molar-refractivity contribution is 0.368. The topological polar surface area (TPSA) is 49.4 Å². The van der Waals surface area contributed by atoms with Crippen LogP contribution in [0.4, 0.5) is 17.6 Å². The molecule has 1 aromatic rings. The number of nitrogens with zero attached hydrogens (tertiary/aromatic N) is 1. The van der Waals surface area contributed by atoms with Crippen molar-refractivity contribution in [3.8, 4) is 0 Å². The number of halogens is 5. The Kier molecular flexibility index (Phi) is 5.24. The molecule has 10 heteroatoms. The molecule has 2 aliphatic rings. The molecule has 2 unspecified atom stereocenters. The monoisotopic (exact) mass is 374 g/mol. The Bertz CT molecular complexity index is 690. The highest BCUT2D eigenvalue weighted by molar-refractivity contribution is 7.89. The van der Waals surface area contributed by atoms with Crippen molar-refractivity contribution >= 4 is 22.4 Å². The standard InChI is InChI=1S/C13H14F4N2O2S.ClH/c14-9-5-10(15)12(17)13(11(9)16)22(20,21)19-4-3-7-1-2-8(6-19)18-7;/h5,7-8,18H,1-4,6H2;1H. The molecular weight excluding hydrogens is 360 g/mol. The second-order valence-corrected chi connectivity index (χ2v) is 7.46. The van der Waals surface area contributed by atoms with Crippen LogP contribution in [0.3, 0.4) is 0 Å². The average Bonchev–Trinajstić information content (AvgIpc) is 2.75. The van der Waals surface area contributed by atoms with Crippen LogP contribution in [-0.2, 0) is 10.0 Å². The minimum absolute atomic E-state index is 0. The van der Waals surface area contributed by atoms with Crippen LogP contribution in [0.25, 0.3) is 0 Å². The predicted molar refractivity (Wildman–Crippen MR) is 76.8 cm³/mol. The zero-order chi connectivity index (χ0) is 16.1. The van der Waals surface area contributed by atoms with Crippen molar-refractivity contribution in [2.75, 3.05) is 13.1 Å². The van der Waals surface area contributed by atoms with Gasteiger partial charge in [0, 0.05) is 31.2 Å². The van der Waals surface area contributed by atoms with E-state index in [4.69, 9.17) is 0 Å². The summed E-state index contributed by atoms with van der Waals surface area (Å²) in [6.07, 6.45) is 2.14. The second-order valence-electron chi connectivity index (χ2n) is 5.59. The minimum atomic E-state index is -4.65. The first kappa shape index (κ1) is 18.4. The Morgan fingerprint density at radius 2 is 1.57 bits per heavy atom. The zero-order valence-corrected chi connectivity index (χ0v) is 13.5. The number of hydrogen-bond donors (Lipinski definition) is 1. The molecule has 0 aliphatic carbocycles. The molecule has 2 bridgehead atoms. The normalized spacial score (nSPS) is 25.0. The maximum atomic E-state index is 13.8. The van der Waals surface area contributed by atoms with Gasteiger partial charge in [0.15, 0.2) is 28.2 Å². The van der Waals surface area contributed by atoms with Gasteiger partial charge in [-0.2, -0.15) is 4.31 Å². The van der Waals surface area contributed by atoms with Gasteiger partial charge in [-0.1, -0.05) is 0 Å². The van der Waals surface area contributed by atoms with Crippen LogP contribution in [0.1, 0.15) is 19.3 Å². The Labute approximate surface area is 137 Å². The van der Waals surface area contributed by atoms with Crippen LogP contribution in [0.5, 0.6) is 0 Å². The molecule has 1 N–H and O–H groups in total. The van der Waals surface area contributed by atoms with E-state index in [9.17, 15) is 26.0 Å². The fraction of sp³-hybridized carbons (Fsp3) is 0.538. The van der Waals surface area contributed by atoms with E-state index >= 15 is 0 Å².